The summed E-state index contributed by atoms with van der Waals surface area (Å²) in [6, 6.07) is 10.9. The lowest BCUT2D eigenvalue weighted by molar-refractivity contribution is -0.137. The van der Waals surface area contributed by atoms with Gasteiger partial charge in [0.1, 0.15) is 22.3 Å². The minimum absolute atomic E-state index is 0.0290. The van der Waals surface area contributed by atoms with Crippen LogP contribution in [0.5, 0.6) is 0 Å². The van der Waals surface area contributed by atoms with Gasteiger partial charge in [-0.15, -0.1) is 0 Å². The monoisotopic (exact) mass is 448 g/mol. The van der Waals surface area contributed by atoms with E-state index >= 15 is 0 Å². The third kappa shape index (κ3) is 4.51. The number of anilines is 1. The molecule has 3 aromatic heterocycles. The summed E-state index contributed by atoms with van der Waals surface area (Å²) in [5.74, 6) is -1.06. The third-order valence-electron chi connectivity index (χ3n) is 4.51. The zero-order valence-corrected chi connectivity index (χ0v) is 16.4. The van der Waals surface area contributed by atoms with Crippen molar-refractivity contribution in [3.63, 3.8) is 0 Å². The van der Waals surface area contributed by atoms with Gasteiger partial charge in [-0.3, -0.25) is 4.79 Å². The smallest absolute Gasteiger partial charge is 0.319 e. The second-order valence-corrected chi connectivity index (χ2v) is 7.09. The number of halogens is 5. The van der Waals surface area contributed by atoms with E-state index < -0.39 is 23.5 Å². The van der Waals surface area contributed by atoms with Gasteiger partial charge in [0.15, 0.2) is 0 Å². The fourth-order valence-electron chi connectivity index (χ4n) is 3.11. The van der Waals surface area contributed by atoms with Gasteiger partial charge in [0.2, 0.25) is 0 Å². The maximum absolute atomic E-state index is 13.6. The van der Waals surface area contributed by atoms with Crippen molar-refractivity contribution in [2.75, 3.05) is 5.32 Å². The average Bonchev–Trinajstić information content (AvgIpc) is 3.07. The Morgan fingerprint density at radius 1 is 1.06 bits per heavy atom. The van der Waals surface area contributed by atoms with Gasteiger partial charge in [-0.25, -0.2) is 14.4 Å². The first-order chi connectivity index (χ1) is 14.7. The summed E-state index contributed by atoms with van der Waals surface area (Å²) in [6.07, 6.45) is -2.53. The number of rotatable bonds is 4. The van der Waals surface area contributed by atoms with Crippen molar-refractivity contribution in [3.8, 4) is 0 Å². The van der Waals surface area contributed by atoms with Crippen LogP contribution in [0.2, 0.25) is 5.15 Å². The first-order valence-corrected chi connectivity index (χ1v) is 9.32. The molecule has 0 fully saturated rings. The molecule has 0 aliphatic carbocycles. The number of nitrogens with one attached hydrogen (secondary N) is 1. The van der Waals surface area contributed by atoms with Gasteiger partial charge >= 0.3 is 6.18 Å². The number of hydrogen-bond donors (Lipinski definition) is 1. The quantitative estimate of drug-likeness (QED) is 0.329. The average molecular weight is 449 g/mol. The van der Waals surface area contributed by atoms with E-state index in [0.717, 1.165) is 6.07 Å². The number of carbonyl (C=O) groups excluding carboxylic acids is 1. The van der Waals surface area contributed by atoms with Crippen molar-refractivity contribution in [1.82, 2.24) is 14.5 Å². The molecular formula is C21H13ClF4N4O. The normalized spacial score (nSPS) is 11.6. The standard InChI is InChI=1S/C21H13ClF4N4O/c22-18-5-4-16(10-27-18)29-20(31)17-8-13-7-14(21(24,25)26)9-28-19(13)30(17)11-12-2-1-3-15(23)6-12/h1-10H,11H2,(H,29,31). The van der Waals surface area contributed by atoms with Crippen LogP contribution >= 0.6 is 11.6 Å². The number of carbonyl (C=O) groups is 1. The fraction of sp³-hybridized carbons (Fsp3) is 0.0952. The highest BCUT2D eigenvalue weighted by Crippen LogP contribution is 2.31. The molecule has 0 saturated carbocycles. The van der Waals surface area contributed by atoms with Crippen LogP contribution in [0.4, 0.5) is 23.2 Å². The van der Waals surface area contributed by atoms with Crippen LogP contribution in [-0.2, 0) is 12.7 Å². The lowest BCUT2D eigenvalue weighted by Gasteiger charge is -2.11. The van der Waals surface area contributed by atoms with Crippen LogP contribution in [0, 0.1) is 5.82 Å². The number of fused-ring (bicyclic) bond motifs is 1. The Labute approximate surface area is 178 Å². The molecule has 0 aliphatic heterocycles. The van der Waals surface area contributed by atoms with Crippen molar-refractivity contribution in [3.05, 3.63) is 88.7 Å². The number of pyridine rings is 2. The van der Waals surface area contributed by atoms with E-state index in [1.54, 1.807) is 6.07 Å². The number of amides is 1. The van der Waals surface area contributed by atoms with Crippen LogP contribution < -0.4 is 5.32 Å². The molecule has 0 radical (unpaired) electrons. The fourth-order valence-corrected chi connectivity index (χ4v) is 3.22. The summed E-state index contributed by atoms with van der Waals surface area (Å²) >= 11 is 5.74. The second kappa shape index (κ2) is 7.99. The van der Waals surface area contributed by atoms with E-state index in [4.69, 9.17) is 11.6 Å². The van der Waals surface area contributed by atoms with E-state index in [2.05, 4.69) is 15.3 Å². The zero-order valence-electron chi connectivity index (χ0n) is 15.6. The molecule has 0 bridgehead atoms. The van der Waals surface area contributed by atoms with Gasteiger partial charge in [0.25, 0.3) is 5.91 Å². The number of hydrogen-bond acceptors (Lipinski definition) is 3. The third-order valence-corrected chi connectivity index (χ3v) is 4.73. The SMILES string of the molecule is O=C(Nc1ccc(Cl)nc1)c1cc2cc(C(F)(F)F)cnc2n1Cc1cccc(F)c1. The van der Waals surface area contributed by atoms with Crippen molar-refractivity contribution in [1.29, 1.82) is 0 Å². The van der Waals surface area contributed by atoms with Crippen molar-refractivity contribution in [2.45, 2.75) is 12.7 Å². The van der Waals surface area contributed by atoms with Crippen molar-refractivity contribution in [2.24, 2.45) is 0 Å². The van der Waals surface area contributed by atoms with E-state index in [0.29, 0.717) is 17.4 Å². The number of nitrogens with zero attached hydrogens (tertiary/aromatic N) is 3. The summed E-state index contributed by atoms with van der Waals surface area (Å²) in [4.78, 5) is 20.7. The molecule has 158 valence electrons. The van der Waals surface area contributed by atoms with Gasteiger partial charge < -0.3 is 9.88 Å². The molecule has 4 rings (SSSR count). The second-order valence-electron chi connectivity index (χ2n) is 6.70. The molecule has 1 amide bonds. The van der Waals surface area contributed by atoms with E-state index in [-0.39, 0.29) is 28.4 Å². The number of benzene rings is 1. The zero-order chi connectivity index (χ0) is 22.2. The summed E-state index contributed by atoms with van der Waals surface area (Å²) in [5.41, 5.74) is 0.150. The van der Waals surface area contributed by atoms with Gasteiger partial charge in [0.05, 0.1) is 17.4 Å². The molecule has 0 unspecified atom stereocenters. The van der Waals surface area contributed by atoms with Crippen LogP contribution in [0.15, 0.2) is 60.9 Å². The van der Waals surface area contributed by atoms with Crippen LogP contribution in [-0.4, -0.2) is 20.4 Å². The lowest BCUT2D eigenvalue weighted by Crippen LogP contribution is -2.18. The Morgan fingerprint density at radius 2 is 1.87 bits per heavy atom. The summed E-state index contributed by atoms with van der Waals surface area (Å²) in [5, 5.41) is 2.99. The number of aromatic nitrogens is 3. The maximum atomic E-state index is 13.6. The molecule has 4 aromatic rings. The molecule has 10 heteroatoms. The molecule has 1 aromatic carbocycles. The molecule has 1 N–H and O–H groups in total. The molecular weight excluding hydrogens is 436 g/mol. The maximum Gasteiger partial charge on any atom is 0.417 e. The Balaban J connectivity index is 1.79. The molecule has 0 atom stereocenters. The van der Waals surface area contributed by atoms with Crippen molar-refractivity contribution < 1.29 is 22.4 Å². The molecule has 3 heterocycles. The Hall–Kier alpha value is -3.46. The highest BCUT2D eigenvalue weighted by atomic mass is 35.5. The van der Waals surface area contributed by atoms with Crippen molar-refractivity contribution >= 4 is 34.2 Å². The molecule has 31 heavy (non-hydrogen) atoms. The highest BCUT2D eigenvalue weighted by molar-refractivity contribution is 6.29. The predicted molar refractivity (Wildman–Crippen MR) is 107 cm³/mol. The Bertz CT molecular complexity index is 1270. The summed E-state index contributed by atoms with van der Waals surface area (Å²) < 4.78 is 54.4. The molecule has 5 nitrogen and oxygen atoms in total. The van der Waals surface area contributed by atoms with E-state index in [1.807, 2.05) is 0 Å². The first-order valence-electron chi connectivity index (χ1n) is 8.94. The van der Waals surface area contributed by atoms with Gasteiger partial charge in [0, 0.05) is 18.1 Å². The largest absolute Gasteiger partial charge is 0.417 e. The van der Waals surface area contributed by atoms with E-state index in [1.165, 1.54) is 47.2 Å². The minimum Gasteiger partial charge on any atom is -0.319 e. The van der Waals surface area contributed by atoms with Crippen LogP contribution in [0.1, 0.15) is 21.6 Å². The molecule has 0 aliphatic rings. The minimum atomic E-state index is -4.58. The predicted octanol–water partition coefficient (Wildman–Crippen LogP) is 5.54. The van der Waals surface area contributed by atoms with Crippen LogP contribution in [0.3, 0.4) is 0 Å². The molecule has 0 saturated heterocycles. The van der Waals surface area contributed by atoms with Gasteiger partial charge in [-0.05, 0) is 42.0 Å². The summed E-state index contributed by atoms with van der Waals surface area (Å²) in [7, 11) is 0. The first kappa shape index (κ1) is 20.8. The topological polar surface area (TPSA) is 59.8 Å². The number of alkyl halides is 3. The Kier molecular flexibility index (Phi) is 5.36. The van der Waals surface area contributed by atoms with E-state index in [9.17, 15) is 22.4 Å². The summed E-state index contributed by atoms with van der Waals surface area (Å²) in [6.45, 7) is 0.0290. The van der Waals surface area contributed by atoms with Gasteiger partial charge in [-0.1, -0.05) is 23.7 Å². The Morgan fingerprint density at radius 3 is 2.55 bits per heavy atom. The highest BCUT2D eigenvalue weighted by Gasteiger charge is 2.32. The van der Waals surface area contributed by atoms with Gasteiger partial charge in [-0.2, -0.15) is 13.2 Å². The lowest BCUT2D eigenvalue weighted by atomic mass is 10.2. The molecule has 0 spiro atoms. The van der Waals surface area contributed by atoms with Crippen LogP contribution in [0.25, 0.3) is 11.0 Å².